The highest BCUT2D eigenvalue weighted by Crippen LogP contribution is 2.41. The molecule has 0 saturated heterocycles. The summed E-state index contributed by atoms with van der Waals surface area (Å²) in [7, 11) is -2.97. The van der Waals surface area contributed by atoms with Gasteiger partial charge in [0.05, 0.1) is 38.8 Å². The predicted molar refractivity (Wildman–Crippen MR) is 273 cm³/mol. The van der Waals surface area contributed by atoms with Gasteiger partial charge in [-0.05, 0) is 75.3 Å². The second kappa shape index (κ2) is 14.5. The van der Waals surface area contributed by atoms with Crippen LogP contribution < -0.4 is 20.7 Å². The molecule has 0 unspecified atom stereocenters. The maximum absolute atomic E-state index is 2.97. The highest BCUT2D eigenvalue weighted by molar-refractivity contribution is 7.20. The van der Waals surface area contributed by atoms with Crippen molar-refractivity contribution >= 4 is 94.2 Å². The van der Waals surface area contributed by atoms with Crippen LogP contribution in [0.3, 0.4) is 0 Å². The average molecular weight is 832 g/mol. The summed E-state index contributed by atoms with van der Waals surface area (Å²) in [6.07, 6.45) is 0. The largest absolute Gasteiger partial charge is 0.309 e. The quantitative estimate of drug-likeness (QED) is 0.112. The minimum atomic E-state index is -2.97. The number of benzene rings is 10. The van der Waals surface area contributed by atoms with Gasteiger partial charge < -0.3 is 13.7 Å². The van der Waals surface area contributed by atoms with Crippen LogP contribution in [0.4, 0.5) is 0 Å². The third-order valence-corrected chi connectivity index (χ3v) is 18.4. The standard InChI is InChI=1S/C60H41N3Si/c1-5-21-42(22-6-1)61-55-36-20-37-56(59(55)51-40-39-43(41-57(51)61)62-52-33-16-13-29-47(52)48-30-14-17-34-53(48)62)63-54-35-18-15-31-49(54)50-32-19-38-58(60(50)63)64(44-23-7-2-8-24-44,45-25-9-3-10-26-45)46-27-11-4-12-28-46/h1-41H. The monoisotopic (exact) mass is 831 g/mol. The van der Waals surface area contributed by atoms with Crippen LogP contribution in [-0.4, -0.2) is 21.8 Å². The highest BCUT2D eigenvalue weighted by Gasteiger charge is 2.43. The molecule has 0 bridgehead atoms. The molecule has 0 aliphatic carbocycles. The summed E-state index contributed by atoms with van der Waals surface area (Å²) in [4.78, 5) is 0. The van der Waals surface area contributed by atoms with Gasteiger partial charge >= 0.3 is 0 Å². The molecule has 3 aromatic heterocycles. The number of para-hydroxylation sites is 5. The summed E-state index contributed by atoms with van der Waals surface area (Å²) < 4.78 is 7.50. The fourth-order valence-corrected chi connectivity index (χ4v) is 16.0. The zero-order valence-corrected chi connectivity index (χ0v) is 36.0. The number of nitrogens with zero attached hydrogens (tertiary/aromatic N) is 3. The Balaban J connectivity index is 1.18. The van der Waals surface area contributed by atoms with E-state index in [1.54, 1.807) is 0 Å². The molecule has 0 spiro atoms. The molecule has 13 aromatic rings. The Morgan fingerprint density at radius 3 is 1.28 bits per heavy atom. The summed E-state index contributed by atoms with van der Waals surface area (Å²) in [5, 5.41) is 12.9. The van der Waals surface area contributed by atoms with Gasteiger partial charge in [-0.3, -0.25) is 0 Å². The molecule has 0 atom stereocenters. The lowest BCUT2D eigenvalue weighted by molar-refractivity contribution is 1.15. The van der Waals surface area contributed by atoms with Crippen molar-refractivity contribution in [2.75, 3.05) is 0 Å². The van der Waals surface area contributed by atoms with E-state index in [4.69, 9.17) is 0 Å². The van der Waals surface area contributed by atoms with E-state index in [0.717, 1.165) is 22.6 Å². The number of hydrogen-bond donors (Lipinski definition) is 0. The van der Waals surface area contributed by atoms with Crippen LogP contribution in [0.2, 0.25) is 0 Å². The van der Waals surface area contributed by atoms with Crippen molar-refractivity contribution in [3.63, 3.8) is 0 Å². The van der Waals surface area contributed by atoms with E-state index < -0.39 is 8.07 Å². The zero-order valence-electron chi connectivity index (χ0n) is 35.0. The average Bonchev–Trinajstić information content (AvgIpc) is 4.01. The first-order chi connectivity index (χ1) is 31.8. The van der Waals surface area contributed by atoms with E-state index in [1.165, 1.54) is 80.6 Å². The van der Waals surface area contributed by atoms with Crippen LogP contribution in [0, 0.1) is 0 Å². The topological polar surface area (TPSA) is 14.8 Å². The lowest BCUT2D eigenvalue weighted by Gasteiger charge is -2.35. The van der Waals surface area contributed by atoms with Gasteiger partial charge in [0.2, 0.25) is 0 Å². The molecule has 0 fully saturated rings. The number of fused-ring (bicyclic) bond motifs is 9. The molecule has 10 aromatic carbocycles. The minimum Gasteiger partial charge on any atom is -0.309 e. The Morgan fingerprint density at radius 2 is 0.703 bits per heavy atom. The van der Waals surface area contributed by atoms with Gasteiger partial charge in [0.25, 0.3) is 0 Å². The van der Waals surface area contributed by atoms with Crippen molar-refractivity contribution in [2.24, 2.45) is 0 Å². The normalized spacial score (nSPS) is 12.1. The van der Waals surface area contributed by atoms with Crippen LogP contribution in [0.5, 0.6) is 0 Å². The maximum Gasteiger partial charge on any atom is 0.181 e. The second-order valence-corrected chi connectivity index (χ2v) is 20.6. The Hall–Kier alpha value is -8.18. The molecular formula is C60H41N3Si. The van der Waals surface area contributed by atoms with E-state index in [-0.39, 0.29) is 0 Å². The molecule has 0 radical (unpaired) electrons. The van der Waals surface area contributed by atoms with Crippen molar-refractivity contribution in [2.45, 2.75) is 0 Å². The molecule has 3 nitrogen and oxygen atoms in total. The maximum atomic E-state index is 2.61. The Bertz CT molecular complexity index is 3730. The van der Waals surface area contributed by atoms with Crippen molar-refractivity contribution in [1.29, 1.82) is 0 Å². The zero-order chi connectivity index (χ0) is 42.2. The molecule has 13 rings (SSSR count). The van der Waals surface area contributed by atoms with Crippen molar-refractivity contribution in [3.8, 4) is 17.1 Å². The Labute approximate surface area is 372 Å². The van der Waals surface area contributed by atoms with Crippen LogP contribution in [0.1, 0.15) is 0 Å². The summed E-state index contributed by atoms with van der Waals surface area (Å²) in [5.41, 5.74) is 10.6. The van der Waals surface area contributed by atoms with Gasteiger partial charge in [-0.2, -0.15) is 0 Å². The van der Waals surface area contributed by atoms with E-state index in [0.29, 0.717) is 0 Å². The molecule has 0 amide bonds. The lowest BCUT2D eigenvalue weighted by atomic mass is 10.1. The molecule has 4 heteroatoms. The highest BCUT2D eigenvalue weighted by atomic mass is 28.3. The van der Waals surface area contributed by atoms with Crippen LogP contribution in [0.25, 0.3) is 82.5 Å². The molecule has 0 saturated carbocycles. The lowest BCUT2D eigenvalue weighted by Crippen LogP contribution is -2.75. The first-order valence-corrected chi connectivity index (χ1v) is 24.1. The summed E-state index contributed by atoms with van der Waals surface area (Å²) in [6, 6.07) is 92.4. The molecule has 0 aliphatic rings. The Morgan fingerprint density at radius 1 is 0.266 bits per heavy atom. The molecular weight excluding hydrogens is 791 g/mol. The Kier molecular flexibility index (Phi) is 8.23. The molecule has 64 heavy (non-hydrogen) atoms. The van der Waals surface area contributed by atoms with Crippen LogP contribution >= 0.6 is 0 Å². The van der Waals surface area contributed by atoms with Gasteiger partial charge in [-0.1, -0.05) is 194 Å². The summed E-state index contributed by atoms with van der Waals surface area (Å²) in [5.74, 6) is 0. The summed E-state index contributed by atoms with van der Waals surface area (Å²) in [6.45, 7) is 0. The van der Waals surface area contributed by atoms with Gasteiger partial charge in [0.1, 0.15) is 0 Å². The van der Waals surface area contributed by atoms with Crippen molar-refractivity contribution in [1.82, 2.24) is 13.7 Å². The van der Waals surface area contributed by atoms with Crippen LogP contribution in [0.15, 0.2) is 249 Å². The number of hydrogen-bond acceptors (Lipinski definition) is 0. The number of aromatic nitrogens is 3. The smallest absolute Gasteiger partial charge is 0.181 e. The predicted octanol–water partition coefficient (Wildman–Crippen LogP) is 12.4. The SMILES string of the molecule is c1ccc(-n2c3cc(-n4c5ccccc5c5ccccc54)ccc3c3c(-n4c5ccccc5c5cccc([Si](c6ccccc6)(c6ccccc6)c6ccccc6)c54)cccc32)cc1. The third-order valence-electron chi connectivity index (χ3n) is 13.6. The number of rotatable bonds is 7. The molecule has 0 N–H and O–H groups in total. The fourth-order valence-electron chi connectivity index (χ4n) is 11.0. The van der Waals surface area contributed by atoms with Crippen LogP contribution in [-0.2, 0) is 0 Å². The van der Waals surface area contributed by atoms with Gasteiger partial charge in [0, 0.05) is 43.7 Å². The van der Waals surface area contributed by atoms with Gasteiger partial charge in [0.15, 0.2) is 8.07 Å². The van der Waals surface area contributed by atoms with Gasteiger partial charge in [-0.25, -0.2) is 0 Å². The van der Waals surface area contributed by atoms with Gasteiger partial charge in [-0.15, -0.1) is 0 Å². The summed E-state index contributed by atoms with van der Waals surface area (Å²) >= 11 is 0. The molecule has 3 heterocycles. The van der Waals surface area contributed by atoms with E-state index in [1.807, 2.05) is 0 Å². The molecule has 300 valence electrons. The minimum absolute atomic E-state index is 1.13. The first-order valence-electron chi connectivity index (χ1n) is 22.1. The van der Waals surface area contributed by atoms with Crippen molar-refractivity contribution in [3.05, 3.63) is 249 Å². The van der Waals surface area contributed by atoms with E-state index in [9.17, 15) is 0 Å². The molecule has 0 aliphatic heterocycles. The first kappa shape index (κ1) is 36.5. The van der Waals surface area contributed by atoms with Crippen molar-refractivity contribution < 1.29 is 0 Å². The van der Waals surface area contributed by atoms with E-state index >= 15 is 0 Å². The fraction of sp³-hybridized carbons (Fsp3) is 0. The van der Waals surface area contributed by atoms with E-state index in [2.05, 4.69) is 262 Å². The second-order valence-electron chi connectivity index (χ2n) is 16.8. The third kappa shape index (κ3) is 5.21.